The van der Waals surface area contributed by atoms with E-state index in [9.17, 15) is 0 Å². The maximum absolute atomic E-state index is 3.65. The lowest BCUT2D eigenvalue weighted by atomic mass is 10.0. The van der Waals surface area contributed by atoms with E-state index in [0.29, 0.717) is 6.04 Å². The molecule has 0 spiro atoms. The predicted molar refractivity (Wildman–Crippen MR) is 75.5 cm³/mol. The Bertz CT molecular complexity index is 188. The van der Waals surface area contributed by atoms with Gasteiger partial charge in [-0.25, -0.2) is 0 Å². The summed E-state index contributed by atoms with van der Waals surface area (Å²) in [6, 6.07) is 1.46. The molecule has 0 saturated carbocycles. The smallest absolute Gasteiger partial charge is 0.0192 e. The number of piperidine rings is 1. The number of likely N-dealkylation sites (N-methyl/N-ethyl adjacent to an activating group) is 1. The first-order chi connectivity index (χ1) is 8.17. The van der Waals surface area contributed by atoms with E-state index in [4.69, 9.17) is 0 Å². The molecule has 1 N–H and O–H groups in total. The van der Waals surface area contributed by atoms with E-state index in [1.54, 1.807) is 0 Å². The van der Waals surface area contributed by atoms with Gasteiger partial charge in [0.1, 0.15) is 0 Å². The van der Waals surface area contributed by atoms with Crippen molar-refractivity contribution in [1.29, 1.82) is 0 Å². The molecule has 1 rings (SSSR count). The summed E-state index contributed by atoms with van der Waals surface area (Å²) in [5.41, 5.74) is 0. The zero-order valence-electron chi connectivity index (χ0n) is 12.2. The number of rotatable bonds is 7. The molecule has 0 bridgehead atoms. The summed E-state index contributed by atoms with van der Waals surface area (Å²) in [7, 11) is 4.53. The van der Waals surface area contributed by atoms with Crippen molar-refractivity contribution in [3.8, 4) is 0 Å². The monoisotopic (exact) mass is 241 g/mol. The van der Waals surface area contributed by atoms with Crippen molar-refractivity contribution >= 4 is 0 Å². The second-order valence-corrected chi connectivity index (χ2v) is 5.53. The van der Waals surface area contributed by atoms with Crippen LogP contribution < -0.4 is 5.32 Å². The van der Waals surface area contributed by atoms with E-state index >= 15 is 0 Å². The molecule has 3 heteroatoms. The molecule has 3 nitrogen and oxygen atoms in total. The summed E-state index contributed by atoms with van der Waals surface area (Å²) in [6.45, 7) is 9.39. The Labute approximate surface area is 108 Å². The van der Waals surface area contributed by atoms with Crippen LogP contribution in [0.25, 0.3) is 0 Å². The van der Waals surface area contributed by atoms with E-state index in [-0.39, 0.29) is 0 Å². The van der Waals surface area contributed by atoms with E-state index in [2.05, 4.69) is 43.1 Å². The van der Waals surface area contributed by atoms with Crippen LogP contribution in [0, 0.1) is 0 Å². The van der Waals surface area contributed by atoms with Crippen LogP contribution in [0.3, 0.4) is 0 Å². The Morgan fingerprint density at radius 1 is 1.29 bits per heavy atom. The molecule has 0 radical (unpaired) electrons. The highest BCUT2D eigenvalue weighted by molar-refractivity contribution is 4.79. The fourth-order valence-corrected chi connectivity index (χ4v) is 2.62. The second-order valence-electron chi connectivity index (χ2n) is 5.53. The minimum absolute atomic E-state index is 0.666. The Balaban J connectivity index is 2.28. The highest BCUT2D eigenvalue weighted by Gasteiger charge is 2.21. The first kappa shape index (κ1) is 14.9. The third kappa shape index (κ3) is 5.36. The van der Waals surface area contributed by atoms with E-state index < -0.39 is 0 Å². The van der Waals surface area contributed by atoms with Crippen LogP contribution in [0.2, 0.25) is 0 Å². The Kier molecular flexibility index (Phi) is 7.09. The SMILES string of the molecule is CCCNC(CC)CN(C)C1CCN(C)CC1. The minimum Gasteiger partial charge on any atom is -0.313 e. The molecule has 0 aliphatic carbocycles. The zero-order chi connectivity index (χ0) is 12.7. The van der Waals surface area contributed by atoms with E-state index in [1.165, 1.54) is 45.3 Å². The molecule has 1 atom stereocenters. The molecule has 0 aromatic heterocycles. The van der Waals surface area contributed by atoms with Gasteiger partial charge >= 0.3 is 0 Å². The second kappa shape index (κ2) is 8.06. The molecule has 0 aromatic carbocycles. The number of hydrogen-bond acceptors (Lipinski definition) is 3. The van der Waals surface area contributed by atoms with Gasteiger partial charge in [0.2, 0.25) is 0 Å². The lowest BCUT2D eigenvalue weighted by Gasteiger charge is -2.36. The average Bonchev–Trinajstić information content (AvgIpc) is 2.35. The van der Waals surface area contributed by atoms with Gasteiger partial charge in [0.25, 0.3) is 0 Å². The molecule has 1 aliphatic rings. The largest absolute Gasteiger partial charge is 0.313 e. The first-order valence-electron chi connectivity index (χ1n) is 7.29. The number of nitrogens with one attached hydrogen (secondary N) is 1. The highest BCUT2D eigenvalue weighted by atomic mass is 15.2. The first-order valence-corrected chi connectivity index (χ1v) is 7.29. The summed E-state index contributed by atoms with van der Waals surface area (Å²) < 4.78 is 0. The molecule has 1 unspecified atom stereocenters. The molecule has 0 amide bonds. The van der Waals surface area contributed by atoms with Crippen molar-refractivity contribution in [2.75, 3.05) is 40.3 Å². The van der Waals surface area contributed by atoms with Crippen molar-refractivity contribution in [3.63, 3.8) is 0 Å². The quantitative estimate of drug-likeness (QED) is 0.733. The Hall–Kier alpha value is -0.120. The van der Waals surface area contributed by atoms with Crippen molar-refractivity contribution < 1.29 is 0 Å². The van der Waals surface area contributed by atoms with Crippen LogP contribution >= 0.6 is 0 Å². The molecule has 1 fully saturated rings. The highest BCUT2D eigenvalue weighted by Crippen LogP contribution is 2.14. The summed E-state index contributed by atoms with van der Waals surface area (Å²) >= 11 is 0. The number of likely N-dealkylation sites (tertiary alicyclic amines) is 1. The third-order valence-electron chi connectivity index (χ3n) is 4.00. The fraction of sp³-hybridized carbons (Fsp3) is 1.00. The van der Waals surface area contributed by atoms with Gasteiger partial charge in [0, 0.05) is 18.6 Å². The lowest BCUT2D eigenvalue weighted by Crippen LogP contribution is -2.47. The molecule has 17 heavy (non-hydrogen) atoms. The van der Waals surface area contributed by atoms with Gasteiger partial charge in [0.15, 0.2) is 0 Å². The number of hydrogen-bond donors (Lipinski definition) is 1. The fourth-order valence-electron chi connectivity index (χ4n) is 2.62. The Morgan fingerprint density at radius 2 is 1.94 bits per heavy atom. The van der Waals surface area contributed by atoms with Gasteiger partial charge in [-0.1, -0.05) is 13.8 Å². The van der Waals surface area contributed by atoms with Gasteiger partial charge in [-0.05, 0) is 59.4 Å². The molecule has 1 heterocycles. The summed E-state index contributed by atoms with van der Waals surface area (Å²) in [4.78, 5) is 5.01. The standard InChI is InChI=1S/C14H31N3/c1-5-9-15-13(6-2)12-17(4)14-7-10-16(3)11-8-14/h13-15H,5-12H2,1-4H3. The van der Waals surface area contributed by atoms with Gasteiger partial charge in [0.05, 0.1) is 0 Å². The van der Waals surface area contributed by atoms with Crippen molar-refractivity contribution in [2.24, 2.45) is 0 Å². The van der Waals surface area contributed by atoms with E-state index in [1.807, 2.05) is 0 Å². The maximum Gasteiger partial charge on any atom is 0.0192 e. The molecular weight excluding hydrogens is 210 g/mol. The summed E-state index contributed by atoms with van der Waals surface area (Å²) in [6.07, 6.45) is 5.12. The minimum atomic E-state index is 0.666. The van der Waals surface area contributed by atoms with E-state index in [0.717, 1.165) is 12.6 Å². The van der Waals surface area contributed by atoms with Crippen LogP contribution in [0.15, 0.2) is 0 Å². The topological polar surface area (TPSA) is 18.5 Å². The van der Waals surface area contributed by atoms with Crippen LogP contribution in [0.4, 0.5) is 0 Å². The molecule has 1 saturated heterocycles. The predicted octanol–water partition coefficient (Wildman–Crippen LogP) is 1.79. The lowest BCUT2D eigenvalue weighted by molar-refractivity contribution is 0.133. The Morgan fingerprint density at radius 3 is 2.47 bits per heavy atom. The normalized spacial score (nSPS) is 21.0. The molecule has 102 valence electrons. The van der Waals surface area contributed by atoms with Gasteiger partial charge in [-0.15, -0.1) is 0 Å². The number of nitrogens with zero attached hydrogens (tertiary/aromatic N) is 2. The van der Waals surface area contributed by atoms with Gasteiger partial charge < -0.3 is 15.1 Å². The van der Waals surface area contributed by atoms with Crippen molar-refractivity contribution in [2.45, 2.75) is 51.6 Å². The van der Waals surface area contributed by atoms with Gasteiger partial charge in [-0.2, -0.15) is 0 Å². The van der Waals surface area contributed by atoms with Gasteiger partial charge in [-0.3, -0.25) is 0 Å². The van der Waals surface area contributed by atoms with Crippen LogP contribution in [0.5, 0.6) is 0 Å². The maximum atomic E-state index is 3.65. The molecule has 1 aliphatic heterocycles. The third-order valence-corrected chi connectivity index (χ3v) is 4.00. The van der Waals surface area contributed by atoms with Crippen molar-refractivity contribution in [3.05, 3.63) is 0 Å². The van der Waals surface area contributed by atoms with Crippen LogP contribution in [-0.2, 0) is 0 Å². The summed E-state index contributed by atoms with van der Waals surface area (Å²) in [5.74, 6) is 0. The summed E-state index contributed by atoms with van der Waals surface area (Å²) in [5, 5.41) is 3.65. The van der Waals surface area contributed by atoms with Crippen molar-refractivity contribution in [1.82, 2.24) is 15.1 Å². The van der Waals surface area contributed by atoms with Crippen LogP contribution in [0.1, 0.15) is 39.5 Å². The zero-order valence-corrected chi connectivity index (χ0v) is 12.2. The van der Waals surface area contributed by atoms with Crippen LogP contribution in [-0.4, -0.2) is 62.2 Å². The average molecular weight is 241 g/mol. The molecular formula is C14H31N3. The molecule has 0 aromatic rings.